The van der Waals surface area contributed by atoms with Crippen molar-refractivity contribution in [2.24, 2.45) is 0 Å². The van der Waals surface area contributed by atoms with Crippen molar-refractivity contribution in [1.82, 2.24) is 0 Å². The molecule has 0 unspecified atom stereocenters. The van der Waals surface area contributed by atoms with Crippen molar-refractivity contribution in [3.8, 4) is 11.5 Å². The van der Waals surface area contributed by atoms with Gasteiger partial charge in [-0.15, -0.1) is 0 Å². The highest BCUT2D eigenvalue weighted by Gasteiger charge is 2.25. The van der Waals surface area contributed by atoms with Gasteiger partial charge >= 0.3 is 5.97 Å². The number of hydrogen-bond acceptors (Lipinski definition) is 4. The van der Waals surface area contributed by atoms with E-state index in [1.54, 1.807) is 31.2 Å². The lowest BCUT2D eigenvalue weighted by molar-refractivity contribution is 0.0195. The van der Waals surface area contributed by atoms with E-state index in [9.17, 15) is 15.0 Å². The minimum Gasteiger partial charge on any atom is -0.508 e. The van der Waals surface area contributed by atoms with E-state index in [-0.39, 0.29) is 23.6 Å². The van der Waals surface area contributed by atoms with Crippen LogP contribution in [-0.4, -0.2) is 22.3 Å². The van der Waals surface area contributed by atoms with Crippen LogP contribution in [0.3, 0.4) is 0 Å². The SMILES string of the molecule is Cc1cc(C(=O)OC2CCC(c3ccc(O)cc3)CC2)ccc1O. The van der Waals surface area contributed by atoms with Gasteiger partial charge in [0.2, 0.25) is 0 Å². The van der Waals surface area contributed by atoms with Gasteiger partial charge < -0.3 is 14.9 Å². The quantitative estimate of drug-likeness (QED) is 0.826. The molecule has 0 radical (unpaired) electrons. The van der Waals surface area contributed by atoms with Gasteiger partial charge in [-0.2, -0.15) is 0 Å². The first kappa shape index (κ1) is 16.4. The van der Waals surface area contributed by atoms with Crippen molar-refractivity contribution in [3.05, 3.63) is 59.2 Å². The Balaban J connectivity index is 1.56. The van der Waals surface area contributed by atoms with Crippen LogP contribution in [0.25, 0.3) is 0 Å². The maximum absolute atomic E-state index is 12.2. The minimum atomic E-state index is -0.328. The maximum atomic E-state index is 12.2. The molecule has 0 atom stereocenters. The highest BCUT2D eigenvalue weighted by atomic mass is 16.5. The standard InChI is InChI=1S/C20H22O4/c1-13-12-16(6-11-19(13)22)20(23)24-18-9-4-15(5-10-18)14-2-7-17(21)8-3-14/h2-3,6-8,11-12,15,18,21-22H,4-5,9-10H2,1H3. The fraction of sp³-hybridized carbons (Fsp3) is 0.350. The van der Waals surface area contributed by atoms with E-state index in [0.29, 0.717) is 17.0 Å². The third kappa shape index (κ3) is 3.70. The van der Waals surface area contributed by atoms with Gasteiger partial charge in [0, 0.05) is 0 Å². The summed E-state index contributed by atoms with van der Waals surface area (Å²) in [6.45, 7) is 1.76. The molecule has 2 aromatic rings. The smallest absolute Gasteiger partial charge is 0.338 e. The van der Waals surface area contributed by atoms with E-state index < -0.39 is 0 Å². The van der Waals surface area contributed by atoms with Crippen LogP contribution >= 0.6 is 0 Å². The van der Waals surface area contributed by atoms with Crippen molar-refractivity contribution in [1.29, 1.82) is 0 Å². The number of phenolic OH excluding ortho intramolecular Hbond substituents is 2. The van der Waals surface area contributed by atoms with Gasteiger partial charge in [0.25, 0.3) is 0 Å². The Kier molecular flexibility index (Phi) is 4.74. The van der Waals surface area contributed by atoms with Crippen LogP contribution in [0.15, 0.2) is 42.5 Å². The van der Waals surface area contributed by atoms with Crippen molar-refractivity contribution in [2.75, 3.05) is 0 Å². The zero-order valence-electron chi connectivity index (χ0n) is 13.7. The summed E-state index contributed by atoms with van der Waals surface area (Å²) in [5, 5.41) is 18.9. The van der Waals surface area contributed by atoms with Crippen LogP contribution in [0.1, 0.15) is 53.1 Å². The number of benzene rings is 2. The fourth-order valence-corrected chi connectivity index (χ4v) is 3.26. The summed E-state index contributed by atoms with van der Waals surface area (Å²) >= 11 is 0. The Hall–Kier alpha value is -2.49. The molecule has 126 valence electrons. The summed E-state index contributed by atoms with van der Waals surface area (Å²) in [4.78, 5) is 12.2. The Morgan fingerprint density at radius 1 is 1.00 bits per heavy atom. The highest BCUT2D eigenvalue weighted by molar-refractivity contribution is 5.90. The third-order valence-electron chi connectivity index (χ3n) is 4.74. The molecule has 1 fully saturated rings. The van der Waals surface area contributed by atoms with E-state index >= 15 is 0 Å². The number of esters is 1. The first-order valence-electron chi connectivity index (χ1n) is 8.32. The molecule has 0 aromatic heterocycles. The number of aryl methyl sites for hydroxylation is 1. The van der Waals surface area contributed by atoms with E-state index in [4.69, 9.17) is 4.74 Å². The summed E-state index contributed by atoms with van der Waals surface area (Å²) < 4.78 is 5.61. The van der Waals surface area contributed by atoms with E-state index in [0.717, 1.165) is 25.7 Å². The molecule has 2 N–H and O–H groups in total. The Bertz CT molecular complexity index is 713. The topological polar surface area (TPSA) is 66.8 Å². The molecule has 24 heavy (non-hydrogen) atoms. The summed E-state index contributed by atoms with van der Waals surface area (Å²) in [6.07, 6.45) is 3.57. The molecule has 0 saturated heterocycles. The molecular formula is C20H22O4. The number of carbonyl (C=O) groups is 1. The van der Waals surface area contributed by atoms with Gasteiger partial charge in [-0.1, -0.05) is 12.1 Å². The highest BCUT2D eigenvalue weighted by Crippen LogP contribution is 2.35. The van der Waals surface area contributed by atoms with Crippen molar-refractivity contribution in [3.63, 3.8) is 0 Å². The molecule has 4 nitrogen and oxygen atoms in total. The van der Waals surface area contributed by atoms with Gasteiger partial charge in [0.1, 0.15) is 17.6 Å². The third-order valence-corrected chi connectivity index (χ3v) is 4.74. The van der Waals surface area contributed by atoms with Crippen LogP contribution in [0, 0.1) is 6.92 Å². The van der Waals surface area contributed by atoms with Crippen molar-refractivity contribution < 1.29 is 19.7 Å². The molecule has 1 aliphatic rings. The maximum Gasteiger partial charge on any atom is 0.338 e. The zero-order valence-corrected chi connectivity index (χ0v) is 13.7. The lowest BCUT2D eigenvalue weighted by Gasteiger charge is -2.28. The minimum absolute atomic E-state index is 0.0556. The molecular weight excluding hydrogens is 304 g/mol. The molecule has 2 aromatic carbocycles. The second kappa shape index (κ2) is 6.95. The van der Waals surface area contributed by atoms with Crippen molar-refractivity contribution >= 4 is 5.97 Å². The van der Waals surface area contributed by atoms with Crippen LogP contribution in [0.5, 0.6) is 11.5 Å². The average molecular weight is 326 g/mol. The van der Waals surface area contributed by atoms with Gasteiger partial charge in [0.05, 0.1) is 5.56 Å². The van der Waals surface area contributed by atoms with Gasteiger partial charge in [-0.05, 0) is 80.0 Å². The van der Waals surface area contributed by atoms with Gasteiger partial charge in [0.15, 0.2) is 0 Å². The average Bonchev–Trinajstić information content (AvgIpc) is 2.59. The summed E-state index contributed by atoms with van der Waals surface area (Å²) in [5.41, 5.74) is 2.37. The first-order valence-corrected chi connectivity index (χ1v) is 8.32. The second-order valence-electron chi connectivity index (χ2n) is 6.47. The lowest BCUT2D eigenvalue weighted by atomic mass is 9.83. The number of phenols is 2. The Labute approximate surface area is 141 Å². The summed E-state index contributed by atoms with van der Waals surface area (Å²) in [5.74, 6) is 0.592. The Morgan fingerprint density at radius 3 is 2.29 bits per heavy atom. The first-order chi connectivity index (χ1) is 11.5. The predicted molar refractivity (Wildman–Crippen MR) is 91.4 cm³/mol. The monoisotopic (exact) mass is 326 g/mol. The van der Waals surface area contributed by atoms with Crippen LogP contribution in [0.4, 0.5) is 0 Å². The number of rotatable bonds is 3. The fourth-order valence-electron chi connectivity index (χ4n) is 3.26. The molecule has 0 aliphatic heterocycles. The lowest BCUT2D eigenvalue weighted by Crippen LogP contribution is -2.24. The van der Waals surface area contributed by atoms with Crippen LogP contribution in [0.2, 0.25) is 0 Å². The Morgan fingerprint density at radius 2 is 1.67 bits per heavy atom. The predicted octanol–water partition coefficient (Wildman–Crippen LogP) is 4.29. The molecule has 4 heteroatoms. The normalized spacial score (nSPS) is 20.5. The van der Waals surface area contributed by atoms with Crippen LogP contribution in [-0.2, 0) is 4.74 Å². The molecule has 0 spiro atoms. The van der Waals surface area contributed by atoms with Crippen LogP contribution < -0.4 is 0 Å². The number of carbonyl (C=O) groups excluding carboxylic acids is 1. The number of ether oxygens (including phenoxy) is 1. The second-order valence-corrected chi connectivity index (χ2v) is 6.47. The molecule has 3 rings (SSSR count). The molecule has 0 heterocycles. The van der Waals surface area contributed by atoms with Gasteiger partial charge in [-0.3, -0.25) is 0 Å². The molecule has 0 bridgehead atoms. The van der Waals surface area contributed by atoms with E-state index in [2.05, 4.69) is 0 Å². The zero-order chi connectivity index (χ0) is 17.1. The number of hydrogen-bond donors (Lipinski definition) is 2. The van der Waals surface area contributed by atoms with Gasteiger partial charge in [-0.25, -0.2) is 4.79 Å². The molecule has 1 aliphatic carbocycles. The molecule has 0 amide bonds. The summed E-state index contributed by atoms with van der Waals surface area (Å²) in [7, 11) is 0. The largest absolute Gasteiger partial charge is 0.508 e. The molecule has 1 saturated carbocycles. The van der Waals surface area contributed by atoms with Crippen molar-refractivity contribution in [2.45, 2.75) is 44.6 Å². The summed E-state index contributed by atoms with van der Waals surface area (Å²) in [6, 6.07) is 12.1. The van der Waals surface area contributed by atoms with E-state index in [1.807, 2.05) is 12.1 Å². The number of aromatic hydroxyl groups is 2. The van der Waals surface area contributed by atoms with E-state index in [1.165, 1.54) is 11.6 Å².